The first-order valence-electron chi connectivity index (χ1n) is 9.60. The molecule has 7 nitrogen and oxygen atoms in total. The smallest absolute Gasteiger partial charge is 0.297 e. The Balaban J connectivity index is 1.51. The zero-order chi connectivity index (χ0) is 19.4. The third-order valence-electron chi connectivity index (χ3n) is 5.03. The monoisotopic (exact) mass is 394 g/mol. The van der Waals surface area contributed by atoms with Crippen molar-refractivity contribution in [1.29, 1.82) is 0 Å². The zero-order valence-corrected chi connectivity index (χ0v) is 17.2. The van der Waals surface area contributed by atoms with E-state index < -0.39 is 10.0 Å². The second-order valence-electron chi connectivity index (χ2n) is 7.61. The van der Waals surface area contributed by atoms with E-state index in [1.165, 1.54) is 6.26 Å². The quantitative estimate of drug-likeness (QED) is 0.743. The van der Waals surface area contributed by atoms with Crippen molar-refractivity contribution in [2.45, 2.75) is 32.7 Å². The van der Waals surface area contributed by atoms with Crippen molar-refractivity contribution in [2.75, 3.05) is 39.0 Å². The molecule has 8 heteroatoms. The summed E-state index contributed by atoms with van der Waals surface area (Å²) in [6.45, 7) is 8.13. The van der Waals surface area contributed by atoms with Crippen LogP contribution in [0, 0.1) is 5.92 Å². The van der Waals surface area contributed by atoms with E-state index in [-0.39, 0.29) is 6.04 Å². The number of rotatable bonds is 8. The van der Waals surface area contributed by atoms with Gasteiger partial charge in [0.1, 0.15) is 0 Å². The van der Waals surface area contributed by atoms with E-state index in [4.69, 9.17) is 4.74 Å². The third kappa shape index (κ3) is 5.43. The van der Waals surface area contributed by atoms with Crippen LogP contribution in [0.1, 0.15) is 32.7 Å². The van der Waals surface area contributed by atoms with Crippen LogP contribution < -0.4 is 9.46 Å². The van der Waals surface area contributed by atoms with E-state index in [0.717, 1.165) is 43.5 Å². The van der Waals surface area contributed by atoms with E-state index in [1.807, 2.05) is 18.2 Å². The first-order chi connectivity index (χ1) is 12.8. The van der Waals surface area contributed by atoms with Crippen LogP contribution in [0.25, 0.3) is 11.0 Å². The highest BCUT2D eigenvalue weighted by atomic mass is 32.2. The van der Waals surface area contributed by atoms with Crippen LogP contribution in [0.5, 0.6) is 6.01 Å². The van der Waals surface area contributed by atoms with Gasteiger partial charge in [-0.25, -0.2) is 13.1 Å². The van der Waals surface area contributed by atoms with Gasteiger partial charge in [-0.2, -0.15) is 4.98 Å². The Labute approximate surface area is 161 Å². The van der Waals surface area contributed by atoms with E-state index in [2.05, 4.69) is 39.1 Å². The number of piperidine rings is 1. The van der Waals surface area contributed by atoms with Crippen molar-refractivity contribution in [1.82, 2.24) is 19.2 Å². The average molecular weight is 395 g/mol. The molecule has 0 amide bonds. The largest absolute Gasteiger partial charge is 0.464 e. The molecule has 1 aliphatic rings. The van der Waals surface area contributed by atoms with Gasteiger partial charge >= 0.3 is 0 Å². The summed E-state index contributed by atoms with van der Waals surface area (Å²) in [6, 6.07) is 9.11. The van der Waals surface area contributed by atoms with E-state index >= 15 is 0 Å². The highest BCUT2D eigenvalue weighted by Crippen LogP contribution is 2.27. The zero-order valence-electron chi connectivity index (χ0n) is 16.4. The number of likely N-dealkylation sites (tertiary alicyclic amines) is 1. The fourth-order valence-corrected chi connectivity index (χ4v) is 4.04. The molecule has 2 heterocycles. The van der Waals surface area contributed by atoms with Crippen LogP contribution in [-0.2, 0) is 10.0 Å². The number of fused-ring (bicyclic) bond motifs is 1. The molecule has 0 atom stereocenters. The predicted molar refractivity (Wildman–Crippen MR) is 108 cm³/mol. The number of imidazole rings is 1. The molecule has 0 spiro atoms. The highest BCUT2D eigenvalue weighted by Gasteiger charge is 2.21. The van der Waals surface area contributed by atoms with Gasteiger partial charge in [0.25, 0.3) is 6.01 Å². The van der Waals surface area contributed by atoms with Gasteiger partial charge in [-0.3, -0.25) is 4.57 Å². The van der Waals surface area contributed by atoms with Gasteiger partial charge in [-0.15, -0.1) is 0 Å². The standard InChI is InChI=1S/C19H30N4O3S/c1-15(2)23-18-7-5-4-6-17(18)21-19(23)26-14-16-8-11-22(12-9-16)13-10-20-27(3,24)25/h4-7,15-16,20H,8-14H2,1-3H3. The van der Waals surface area contributed by atoms with Crippen LogP contribution in [-0.4, -0.2) is 61.9 Å². The Morgan fingerprint density at radius 2 is 1.96 bits per heavy atom. The molecule has 0 unspecified atom stereocenters. The van der Waals surface area contributed by atoms with Crippen molar-refractivity contribution in [3.63, 3.8) is 0 Å². The minimum atomic E-state index is -3.10. The molecule has 0 radical (unpaired) electrons. The molecule has 1 N–H and O–H groups in total. The maximum absolute atomic E-state index is 11.1. The number of aromatic nitrogens is 2. The van der Waals surface area contributed by atoms with Crippen molar-refractivity contribution in [3.8, 4) is 6.01 Å². The van der Waals surface area contributed by atoms with Gasteiger partial charge < -0.3 is 9.64 Å². The molecular formula is C19H30N4O3S. The molecule has 1 fully saturated rings. The Hall–Kier alpha value is -1.64. The fraction of sp³-hybridized carbons (Fsp3) is 0.632. The minimum absolute atomic E-state index is 0.289. The summed E-state index contributed by atoms with van der Waals surface area (Å²) in [7, 11) is -3.10. The van der Waals surface area contributed by atoms with Crippen molar-refractivity contribution in [2.24, 2.45) is 5.92 Å². The molecule has 150 valence electrons. The number of para-hydroxylation sites is 2. The summed E-state index contributed by atoms with van der Waals surface area (Å²) in [5.74, 6) is 0.504. The Bertz CT molecular complexity index is 855. The molecule has 0 bridgehead atoms. The summed E-state index contributed by atoms with van der Waals surface area (Å²) in [4.78, 5) is 6.97. The van der Waals surface area contributed by atoms with Gasteiger partial charge in [0, 0.05) is 19.1 Å². The summed E-state index contributed by atoms with van der Waals surface area (Å²) in [5, 5.41) is 0. The van der Waals surface area contributed by atoms with Crippen LogP contribution in [0.15, 0.2) is 24.3 Å². The second-order valence-corrected chi connectivity index (χ2v) is 9.44. The molecule has 1 aliphatic heterocycles. The predicted octanol–water partition coefficient (Wildman–Crippen LogP) is 2.26. The number of nitrogens with zero attached hydrogens (tertiary/aromatic N) is 3. The van der Waals surface area contributed by atoms with E-state index in [9.17, 15) is 8.42 Å². The summed E-state index contributed by atoms with van der Waals surface area (Å²) in [5.41, 5.74) is 2.07. The molecule has 1 aromatic heterocycles. The number of nitrogens with one attached hydrogen (secondary N) is 1. The van der Waals surface area contributed by atoms with E-state index in [0.29, 0.717) is 25.1 Å². The summed E-state index contributed by atoms with van der Waals surface area (Å²) < 4.78 is 33.1. The van der Waals surface area contributed by atoms with Crippen LogP contribution in [0.3, 0.4) is 0 Å². The maximum Gasteiger partial charge on any atom is 0.297 e. The lowest BCUT2D eigenvalue weighted by molar-refractivity contribution is 0.135. The molecule has 3 rings (SSSR count). The Morgan fingerprint density at radius 1 is 1.26 bits per heavy atom. The molecule has 1 aromatic carbocycles. The van der Waals surface area contributed by atoms with Crippen molar-refractivity contribution < 1.29 is 13.2 Å². The molecule has 2 aromatic rings. The third-order valence-corrected chi connectivity index (χ3v) is 5.76. The first-order valence-corrected chi connectivity index (χ1v) is 11.5. The molecule has 0 saturated carbocycles. The maximum atomic E-state index is 11.1. The molecule has 0 aliphatic carbocycles. The van der Waals surface area contributed by atoms with Crippen LogP contribution in [0.4, 0.5) is 0 Å². The normalized spacial score (nSPS) is 17.0. The second kappa shape index (κ2) is 8.58. The van der Waals surface area contributed by atoms with Gasteiger partial charge in [0.15, 0.2) is 0 Å². The number of benzene rings is 1. The molecule has 27 heavy (non-hydrogen) atoms. The average Bonchev–Trinajstić information content (AvgIpc) is 2.98. The topological polar surface area (TPSA) is 76.5 Å². The highest BCUT2D eigenvalue weighted by molar-refractivity contribution is 7.88. The lowest BCUT2D eigenvalue weighted by Crippen LogP contribution is -2.40. The summed E-state index contributed by atoms with van der Waals surface area (Å²) >= 11 is 0. The van der Waals surface area contributed by atoms with Crippen molar-refractivity contribution >= 4 is 21.1 Å². The van der Waals surface area contributed by atoms with Crippen LogP contribution in [0.2, 0.25) is 0 Å². The van der Waals surface area contributed by atoms with Gasteiger partial charge in [0.05, 0.1) is 23.9 Å². The number of hydrogen-bond acceptors (Lipinski definition) is 5. The van der Waals surface area contributed by atoms with E-state index in [1.54, 1.807) is 0 Å². The minimum Gasteiger partial charge on any atom is -0.464 e. The fourth-order valence-electron chi connectivity index (χ4n) is 3.58. The number of hydrogen-bond donors (Lipinski definition) is 1. The first kappa shape index (κ1) is 20.1. The Morgan fingerprint density at radius 3 is 2.63 bits per heavy atom. The SMILES string of the molecule is CC(C)n1c(OCC2CCN(CCNS(C)(=O)=O)CC2)nc2ccccc21. The lowest BCUT2D eigenvalue weighted by Gasteiger charge is -2.31. The molecule has 1 saturated heterocycles. The van der Waals surface area contributed by atoms with Gasteiger partial charge in [0.2, 0.25) is 10.0 Å². The number of sulfonamides is 1. The number of ether oxygens (including phenoxy) is 1. The molecular weight excluding hydrogens is 364 g/mol. The summed E-state index contributed by atoms with van der Waals surface area (Å²) in [6.07, 6.45) is 3.31. The van der Waals surface area contributed by atoms with Crippen molar-refractivity contribution in [3.05, 3.63) is 24.3 Å². The lowest BCUT2D eigenvalue weighted by atomic mass is 9.98. The van der Waals surface area contributed by atoms with Gasteiger partial charge in [-0.05, 0) is 57.8 Å². The Kier molecular flexibility index (Phi) is 6.39. The van der Waals surface area contributed by atoms with Crippen LogP contribution >= 0.6 is 0 Å². The van der Waals surface area contributed by atoms with Gasteiger partial charge in [-0.1, -0.05) is 12.1 Å².